The van der Waals surface area contributed by atoms with E-state index < -0.39 is 27.3 Å². The highest BCUT2D eigenvalue weighted by Gasteiger charge is 2.56. The third-order valence-electron chi connectivity index (χ3n) is 5.91. The summed E-state index contributed by atoms with van der Waals surface area (Å²) in [6.07, 6.45) is -3.28. The topological polar surface area (TPSA) is 70.2 Å². The number of benzene rings is 1. The second kappa shape index (κ2) is 6.93. The van der Waals surface area contributed by atoms with Gasteiger partial charge in [0.15, 0.2) is 0 Å². The van der Waals surface area contributed by atoms with Crippen LogP contribution in [0.25, 0.3) is 0 Å². The SMILES string of the molecule is CS(=O)(=O)N1CC2COCCN2C2(CN(C(=O)c3ccc(C(F)(F)F)cc3)C2)C1. The monoisotopic (exact) mass is 433 g/mol. The van der Waals surface area contributed by atoms with Gasteiger partial charge in [-0.2, -0.15) is 17.5 Å². The van der Waals surface area contributed by atoms with Crippen molar-refractivity contribution in [1.29, 1.82) is 0 Å². The van der Waals surface area contributed by atoms with Crippen LogP contribution in [-0.2, 0) is 20.9 Å². The van der Waals surface area contributed by atoms with Crippen molar-refractivity contribution in [2.75, 3.05) is 52.2 Å². The van der Waals surface area contributed by atoms with Crippen molar-refractivity contribution in [2.24, 2.45) is 0 Å². The Morgan fingerprint density at radius 3 is 2.41 bits per heavy atom. The van der Waals surface area contributed by atoms with E-state index in [0.29, 0.717) is 45.9 Å². The van der Waals surface area contributed by atoms with Crippen LogP contribution in [0.3, 0.4) is 0 Å². The van der Waals surface area contributed by atoms with Gasteiger partial charge >= 0.3 is 6.18 Å². The molecule has 1 spiro atoms. The molecule has 3 saturated heterocycles. The van der Waals surface area contributed by atoms with Gasteiger partial charge in [0.2, 0.25) is 10.0 Å². The molecule has 0 radical (unpaired) electrons. The summed E-state index contributed by atoms with van der Waals surface area (Å²) in [5, 5.41) is 0. The number of piperazine rings is 1. The van der Waals surface area contributed by atoms with Crippen molar-refractivity contribution in [3.63, 3.8) is 0 Å². The number of carbonyl (C=O) groups is 1. The summed E-state index contributed by atoms with van der Waals surface area (Å²) in [4.78, 5) is 16.5. The van der Waals surface area contributed by atoms with Crippen molar-refractivity contribution in [1.82, 2.24) is 14.1 Å². The first-order chi connectivity index (χ1) is 13.5. The minimum absolute atomic E-state index is 0.0736. The average molecular weight is 433 g/mol. The van der Waals surface area contributed by atoms with Gasteiger partial charge in [-0.15, -0.1) is 0 Å². The van der Waals surface area contributed by atoms with Crippen LogP contribution in [-0.4, -0.2) is 92.2 Å². The van der Waals surface area contributed by atoms with Gasteiger partial charge in [-0.3, -0.25) is 9.69 Å². The number of sulfonamides is 1. The molecule has 3 fully saturated rings. The Morgan fingerprint density at radius 1 is 1.17 bits per heavy atom. The highest BCUT2D eigenvalue weighted by Crippen LogP contribution is 2.37. The van der Waals surface area contributed by atoms with Gasteiger partial charge < -0.3 is 9.64 Å². The fraction of sp³-hybridized carbons (Fsp3) is 0.611. The lowest BCUT2D eigenvalue weighted by Gasteiger charge is -2.62. The van der Waals surface area contributed by atoms with E-state index >= 15 is 0 Å². The van der Waals surface area contributed by atoms with Gasteiger partial charge in [0.05, 0.1) is 30.6 Å². The summed E-state index contributed by atoms with van der Waals surface area (Å²) in [5.41, 5.74) is -1.11. The molecule has 160 valence electrons. The molecule has 0 bridgehead atoms. The Hall–Kier alpha value is -1.69. The number of hydrogen-bond acceptors (Lipinski definition) is 5. The molecule has 4 rings (SSSR count). The molecule has 3 heterocycles. The van der Waals surface area contributed by atoms with E-state index in [-0.39, 0.29) is 17.5 Å². The Balaban J connectivity index is 1.50. The fourth-order valence-corrected chi connectivity index (χ4v) is 5.39. The number of amides is 1. The smallest absolute Gasteiger partial charge is 0.378 e. The number of rotatable bonds is 2. The van der Waals surface area contributed by atoms with Crippen LogP contribution in [0.2, 0.25) is 0 Å². The van der Waals surface area contributed by atoms with Crippen LogP contribution < -0.4 is 0 Å². The molecule has 11 heteroatoms. The summed E-state index contributed by atoms with van der Waals surface area (Å²) in [6, 6.07) is 4.07. The number of nitrogens with zero attached hydrogens (tertiary/aromatic N) is 3. The van der Waals surface area contributed by atoms with Crippen molar-refractivity contribution >= 4 is 15.9 Å². The number of likely N-dealkylation sites (tertiary alicyclic amines) is 1. The van der Waals surface area contributed by atoms with Crippen molar-refractivity contribution in [3.05, 3.63) is 35.4 Å². The third kappa shape index (κ3) is 3.76. The molecule has 1 atom stereocenters. The Bertz CT molecular complexity index is 898. The predicted molar refractivity (Wildman–Crippen MR) is 97.8 cm³/mol. The minimum Gasteiger partial charge on any atom is -0.378 e. The third-order valence-corrected chi connectivity index (χ3v) is 7.12. The van der Waals surface area contributed by atoms with Crippen LogP contribution in [0.15, 0.2) is 24.3 Å². The van der Waals surface area contributed by atoms with Crippen LogP contribution in [0, 0.1) is 0 Å². The average Bonchev–Trinajstić information content (AvgIpc) is 2.63. The Labute approximate surface area is 167 Å². The maximum atomic E-state index is 12.7. The van der Waals surface area contributed by atoms with Gasteiger partial charge in [0, 0.05) is 44.3 Å². The molecular weight excluding hydrogens is 411 g/mol. The van der Waals surface area contributed by atoms with E-state index in [1.54, 1.807) is 4.90 Å². The predicted octanol–water partition coefficient (Wildman–Crippen LogP) is 0.876. The van der Waals surface area contributed by atoms with Gasteiger partial charge in [-0.25, -0.2) is 8.42 Å². The van der Waals surface area contributed by atoms with E-state index in [4.69, 9.17) is 4.74 Å². The molecule has 3 aliphatic rings. The lowest BCUT2D eigenvalue weighted by molar-refractivity contribution is -0.143. The molecule has 3 aliphatic heterocycles. The fourth-order valence-electron chi connectivity index (χ4n) is 4.48. The van der Waals surface area contributed by atoms with Crippen LogP contribution in [0.5, 0.6) is 0 Å². The van der Waals surface area contributed by atoms with Gasteiger partial charge in [-0.1, -0.05) is 0 Å². The zero-order valence-corrected chi connectivity index (χ0v) is 16.7. The zero-order chi connectivity index (χ0) is 21.0. The highest BCUT2D eigenvalue weighted by atomic mass is 32.2. The number of ether oxygens (including phenoxy) is 1. The zero-order valence-electron chi connectivity index (χ0n) is 15.9. The summed E-state index contributed by atoms with van der Waals surface area (Å²) in [5.74, 6) is -0.356. The maximum Gasteiger partial charge on any atom is 0.416 e. The molecule has 0 aromatic heterocycles. The summed E-state index contributed by atoms with van der Waals surface area (Å²) in [7, 11) is -3.39. The lowest BCUT2D eigenvalue weighted by atomic mass is 9.83. The van der Waals surface area contributed by atoms with E-state index in [0.717, 1.165) is 12.1 Å². The minimum atomic E-state index is -4.45. The van der Waals surface area contributed by atoms with Crippen molar-refractivity contribution < 1.29 is 31.1 Å². The van der Waals surface area contributed by atoms with E-state index in [9.17, 15) is 26.4 Å². The molecule has 0 saturated carbocycles. The molecule has 1 aromatic carbocycles. The first-order valence-electron chi connectivity index (χ1n) is 9.26. The van der Waals surface area contributed by atoms with E-state index in [1.165, 1.54) is 22.7 Å². The Morgan fingerprint density at radius 2 is 1.83 bits per heavy atom. The first kappa shape index (κ1) is 20.6. The van der Waals surface area contributed by atoms with E-state index in [1.807, 2.05) is 0 Å². The Kier molecular flexibility index (Phi) is 4.92. The van der Waals surface area contributed by atoms with Crippen molar-refractivity contribution in [2.45, 2.75) is 17.8 Å². The molecule has 7 nitrogen and oxygen atoms in total. The second-order valence-electron chi connectivity index (χ2n) is 7.94. The summed E-state index contributed by atoms with van der Waals surface area (Å²) in [6.45, 7) is 2.94. The summed E-state index contributed by atoms with van der Waals surface area (Å²) < 4.78 is 69.4. The molecule has 0 aliphatic carbocycles. The molecule has 1 unspecified atom stereocenters. The van der Waals surface area contributed by atoms with E-state index in [2.05, 4.69) is 4.90 Å². The molecule has 1 amide bonds. The normalized spacial score (nSPS) is 25.5. The maximum absolute atomic E-state index is 12.7. The van der Waals surface area contributed by atoms with Gasteiger partial charge in [-0.05, 0) is 24.3 Å². The molecular formula is C18H22F3N3O4S. The molecule has 29 heavy (non-hydrogen) atoms. The van der Waals surface area contributed by atoms with Crippen LogP contribution >= 0.6 is 0 Å². The number of halogens is 3. The van der Waals surface area contributed by atoms with Crippen LogP contribution in [0.1, 0.15) is 15.9 Å². The van der Waals surface area contributed by atoms with Gasteiger partial charge in [0.25, 0.3) is 5.91 Å². The largest absolute Gasteiger partial charge is 0.416 e. The number of carbonyl (C=O) groups excluding carboxylic acids is 1. The number of alkyl halides is 3. The second-order valence-corrected chi connectivity index (χ2v) is 9.92. The number of fused-ring (bicyclic) bond motifs is 2. The number of morpholine rings is 1. The standard InChI is InChI=1S/C18H22F3N3O4S/c1-29(26,27)23-8-15-9-28-7-6-24(15)17(12-23)10-22(11-17)16(25)13-2-4-14(5-3-13)18(19,20)21/h2-5,15H,6-12H2,1H3. The highest BCUT2D eigenvalue weighted by molar-refractivity contribution is 7.88. The number of hydrogen-bond donors (Lipinski definition) is 0. The molecule has 0 N–H and O–H groups in total. The first-order valence-corrected chi connectivity index (χ1v) is 11.1. The van der Waals surface area contributed by atoms with Gasteiger partial charge in [0.1, 0.15) is 0 Å². The van der Waals surface area contributed by atoms with Crippen LogP contribution in [0.4, 0.5) is 13.2 Å². The quantitative estimate of drug-likeness (QED) is 0.693. The van der Waals surface area contributed by atoms with Crippen molar-refractivity contribution in [3.8, 4) is 0 Å². The molecule has 1 aromatic rings. The summed E-state index contributed by atoms with van der Waals surface area (Å²) >= 11 is 0. The lowest BCUT2D eigenvalue weighted by Crippen LogP contribution is -2.81.